The minimum absolute atomic E-state index is 0.0436. The predicted molar refractivity (Wildman–Crippen MR) is 116 cm³/mol. The number of hydrogen-bond acceptors (Lipinski definition) is 4. The Morgan fingerprint density at radius 1 is 1.13 bits per heavy atom. The molecule has 0 aromatic heterocycles. The summed E-state index contributed by atoms with van der Waals surface area (Å²) in [5.74, 6) is -0.290. The Kier molecular flexibility index (Phi) is 6.72. The zero-order chi connectivity index (χ0) is 21.7. The van der Waals surface area contributed by atoms with Crippen LogP contribution < -0.4 is 20.3 Å². The van der Waals surface area contributed by atoms with Gasteiger partial charge in [-0.15, -0.1) is 0 Å². The van der Waals surface area contributed by atoms with Gasteiger partial charge in [0.25, 0.3) is 5.91 Å². The fourth-order valence-corrected chi connectivity index (χ4v) is 3.42. The van der Waals surface area contributed by atoms with E-state index in [-0.39, 0.29) is 30.7 Å². The van der Waals surface area contributed by atoms with Gasteiger partial charge in [-0.25, -0.2) is 0 Å². The summed E-state index contributed by atoms with van der Waals surface area (Å²) in [4.78, 5) is 38.4. The molecule has 0 spiro atoms. The minimum Gasteiger partial charge on any atom is -0.484 e. The average molecular weight is 409 g/mol. The van der Waals surface area contributed by atoms with Gasteiger partial charge in [-0.3, -0.25) is 14.4 Å². The van der Waals surface area contributed by atoms with Crippen LogP contribution in [0, 0.1) is 19.8 Å². The van der Waals surface area contributed by atoms with Crippen molar-refractivity contribution in [1.29, 1.82) is 0 Å². The summed E-state index contributed by atoms with van der Waals surface area (Å²) >= 11 is 0. The quantitative estimate of drug-likeness (QED) is 0.736. The Bertz CT molecular complexity index is 940. The van der Waals surface area contributed by atoms with E-state index in [1.165, 1.54) is 0 Å². The van der Waals surface area contributed by atoms with Gasteiger partial charge >= 0.3 is 0 Å². The molecule has 3 rings (SSSR count). The first-order valence-electron chi connectivity index (χ1n) is 10.1. The SMILES string of the molecule is CCNC(=O)COc1ccc(NC(=O)C2CC(=O)N(c3cccc(C)c3C)C2)cc1. The smallest absolute Gasteiger partial charge is 0.257 e. The predicted octanol–water partition coefficient (Wildman–Crippen LogP) is 2.81. The topological polar surface area (TPSA) is 87.7 Å². The van der Waals surface area contributed by atoms with Crippen LogP contribution in [0.1, 0.15) is 24.5 Å². The minimum atomic E-state index is -0.411. The zero-order valence-electron chi connectivity index (χ0n) is 17.5. The number of hydrogen-bond donors (Lipinski definition) is 2. The lowest BCUT2D eigenvalue weighted by Crippen LogP contribution is -2.28. The van der Waals surface area contributed by atoms with Crippen LogP contribution in [0.15, 0.2) is 42.5 Å². The molecule has 2 aromatic rings. The van der Waals surface area contributed by atoms with Crippen molar-refractivity contribution >= 4 is 29.1 Å². The number of ether oxygens (including phenoxy) is 1. The molecule has 2 aromatic carbocycles. The maximum absolute atomic E-state index is 12.7. The van der Waals surface area contributed by atoms with Gasteiger partial charge in [0.2, 0.25) is 11.8 Å². The first kappa shape index (κ1) is 21.4. The van der Waals surface area contributed by atoms with E-state index in [2.05, 4.69) is 10.6 Å². The number of nitrogens with one attached hydrogen (secondary N) is 2. The van der Waals surface area contributed by atoms with Gasteiger partial charge in [0, 0.05) is 30.9 Å². The Morgan fingerprint density at radius 2 is 1.87 bits per heavy atom. The zero-order valence-corrected chi connectivity index (χ0v) is 17.5. The summed E-state index contributed by atoms with van der Waals surface area (Å²) in [6.45, 7) is 6.70. The Hall–Kier alpha value is -3.35. The molecule has 3 amide bonds. The Balaban J connectivity index is 1.58. The van der Waals surface area contributed by atoms with Crippen molar-refractivity contribution in [2.24, 2.45) is 5.92 Å². The van der Waals surface area contributed by atoms with Crippen LogP contribution in [0.5, 0.6) is 5.75 Å². The molecule has 1 aliphatic heterocycles. The fourth-order valence-electron chi connectivity index (χ4n) is 3.42. The van der Waals surface area contributed by atoms with Gasteiger partial charge in [-0.2, -0.15) is 0 Å². The Labute approximate surface area is 176 Å². The average Bonchev–Trinajstić information content (AvgIpc) is 3.11. The lowest BCUT2D eigenvalue weighted by atomic mass is 10.1. The van der Waals surface area contributed by atoms with E-state index in [0.29, 0.717) is 24.5 Å². The van der Waals surface area contributed by atoms with Crippen LogP contribution in [0.3, 0.4) is 0 Å². The number of carbonyl (C=O) groups is 3. The molecule has 30 heavy (non-hydrogen) atoms. The molecule has 7 nitrogen and oxygen atoms in total. The van der Waals surface area contributed by atoms with E-state index in [1.54, 1.807) is 29.2 Å². The molecule has 1 saturated heterocycles. The van der Waals surface area contributed by atoms with Gasteiger partial charge in [0.15, 0.2) is 6.61 Å². The van der Waals surface area contributed by atoms with Gasteiger partial charge in [0.05, 0.1) is 5.92 Å². The lowest BCUT2D eigenvalue weighted by Gasteiger charge is -2.20. The molecule has 158 valence electrons. The number of nitrogens with zero attached hydrogens (tertiary/aromatic N) is 1. The third-order valence-corrected chi connectivity index (χ3v) is 5.23. The molecule has 0 saturated carbocycles. The summed E-state index contributed by atoms with van der Waals surface area (Å²) in [6.07, 6.45) is 0.187. The van der Waals surface area contributed by atoms with Crippen molar-refractivity contribution in [1.82, 2.24) is 5.32 Å². The van der Waals surface area contributed by atoms with E-state index in [9.17, 15) is 14.4 Å². The van der Waals surface area contributed by atoms with E-state index in [0.717, 1.165) is 16.8 Å². The lowest BCUT2D eigenvalue weighted by molar-refractivity contribution is -0.123. The highest BCUT2D eigenvalue weighted by atomic mass is 16.5. The molecule has 1 fully saturated rings. The molecule has 1 unspecified atom stereocenters. The maximum Gasteiger partial charge on any atom is 0.257 e. The van der Waals surface area contributed by atoms with Crippen molar-refractivity contribution in [2.45, 2.75) is 27.2 Å². The Morgan fingerprint density at radius 3 is 2.57 bits per heavy atom. The second kappa shape index (κ2) is 9.43. The van der Waals surface area contributed by atoms with Gasteiger partial charge in [0.1, 0.15) is 5.75 Å². The molecular weight excluding hydrogens is 382 g/mol. The van der Waals surface area contributed by atoms with Crippen molar-refractivity contribution < 1.29 is 19.1 Å². The second-order valence-corrected chi connectivity index (χ2v) is 7.38. The largest absolute Gasteiger partial charge is 0.484 e. The van der Waals surface area contributed by atoms with Crippen LogP contribution in [0.4, 0.5) is 11.4 Å². The number of rotatable bonds is 7. The molecule has 1 aliphatic rings. The second-order valence-electron chi connectivity index (χ2n) is 7.38. The fraction of sp³-hybridized carbons (Fsp3) is 0.348. The summed E-state index contributed by atoms with van der Waals surface area (Å²) in [5, 5.41) is 5.52. The number of aryl methyl sites for hydroxylation is 1. The van der Waals surface area contributed by atoms with E-state index < -0.39 is 5.92 Å². The first-order chi connectivity index (χ1) is 14.4. The van der Waals surface area contributed by atoms with E-state index >= 15 is 0 Å². The van der Waals surface area contributed by atoms with Gasteiger partial charge in [-0.1, -0.05) is 12.1 Å². The third kappa shape index (κ3) is 4.97. The van der Waals surface area contributed by atoms with Gasteiger partial charge in [-0.05, 0) is 62.2 Å². The maximum atomic E-state index is 12.7. The van der Waals surface area contributed by atoms with Crippen LogP contribution in [-0.4, -0.2) is 37.4 Å². The molecule has 2 N–H and O–H groups in total. The number of benzene rings is 2. The summed E-state index contributed by atoms with van der Waals surface area (Å²) < 4.78 is 5.40. The normalized spacial score (nSPS) is 15.8. The number of likely N-dealkylation sites (N-methyl/N-ethyl adjacent to an activating group) is 1. The highest BCUT2D eigenvalue weighted by molar-refractivity contribution is 6.03. The molecule has 0 radical (unpaired) electrons. The van der Waals surface area contributed by atoms with Crippen molar-refractivity contribution in [3.05, 3.63) is 53.6 Å². The molecular formula is C23H27N3O4. The summed E-state index contributed by atoms with van der Waals surface area (Å²) in [5.41, 5.74) is 3.64. The molecule has 0 aliphatic carbocycles. The molecule has 7 heteroatoms. The van der Waals surface area contributed by atoms with Crippen LogP contribution in [-0.2, 0) is 14.4 Å². The van der Waals surface area contributed by atoms with E-state index in [1.807, 2.05) is 39.0 Å². The van der Waals surface area contributed by atoms with Crippen molar-refractivity contribution in [3.63, 3.8) is 0 Å². The van der Waals surface area contributed by atoms with E-state index in [4.69, 9.17) is 4.74 Å². The summed E-state index contributed by atoms with van der Waals surface area (Å²) in [6, 6.07) is 12.7. The standard InChI is InChI=1S/C23H27N3O4/c1-4-24-21(27)14-30-19-10-8-18(9-11-19)25-23(29)17-12-22(28)26(13-17)20-7-5-6-15(2)16(20)3/h5-11,17H,4,12-14H2,1-3H3,(H,24,27)(H,25,29). The monoisotopic (exact) mass is 409 g/mol. The van der Waals surface area contributed by atoms with Crippen molar-refractivity contribution in [2.75, 3.05) is 29.9 Å². The van der Waals surface area contributed by atoms with Gasteiger partial charge < -0.3 is 20.3 Å². The highest BCUT2D eigenvalue weighted by Crippen LogP contribution is 2.30. The van der Waals surface area contributed by atoms with Crippen LogP contribution >= 0.6 is 0 Å². The number of amides is 3. The number of anilines is 2. The number of carbonyl (C=O) groups excluding carboxylic acids is 3. The molecule has 1 atom stereocenters. The van der Waals surface area contributed by atoms with Crippen molar-refractivity contribution in [3.8, 4) is 5.75 Å². The van der Waals surface area contributed by atoms with Crippen LogP contribution in [0.25, 0.3) is 0 Å². The third-order valence-electron chi connectivity index (χ3n) is 5.23. The highest BCUT2D eigenvalue weighted by Gasteiger charge is 2.35. The van der Waals surface area contributed by atoms with Crippen LogP contribution in [0.2, 0.25) is 0 Å². The summed E-state index contributed by atoms with van der Waals surface area (Å²) in [7, 11) is 0. The molecule has 0 bridgehead atoms. The molecule has 1 heterocycles. The first-order valence-corrected chi connectivity index (χ1v) is 10.1.